The molecule has 4 aliphatic rings. The molecule has 1 nitrogen and oxygen atoms in total. The summed E-state index contributed by atoms with van der Waals surface area (Å²) in [5, 5.41) is 10.8. The summed E-state index contributed by atoms with van der Waals surface area (Å²) >= 11 is 0. The lowest BCUT2D eigenvalue weighted by Gasteiger charge is -2.58. The van der Waals surface area contributed by atoms with E-state index in [1.807, 2.05) is 5.57 Å². The summed E-state index contributed by atoms with van der Waals surface area (Å²) in [4.78, 5) is 0. The second-order valence-corrected chi connectivity index (χ2v) is 11.9. The highest BCUT2D eigenvalue weighted by molar-refractivity contribution is 5.24. The molecule has 0 aromatic carbocycles. The van der Waals surface area contributed by atoms with Crippen LogP contribution in [0.2, 0.25) is 0 Å². The molecule has 0 bridgehead atoms. The van der Waals surface area contributed by atoms with Crippen LogP contribution in [-0.2, 0) is 0 Å². The van der Waals surface area contributed by atoms with Crippen LogP contribution >= 0.6 is 0 Å². The zero-order valence-electron chi connectivity index (χ0n) is 19.2. The summed E-state index contributed by atoms with van der Waals surface area (Å²) < 4.78 is 0. The molecule has 3 fully saturated rings. The van der Waals surface area contributed by atoms with E-state index in [9.17, 15) is 5.11 Å². The lowest BCUT2D eigenvalue weighted by atomic mass is 9.47. The molecule has 160 valence electrons. The molecule has 4 rings (SSSR count). The predicted octanol–water partition coefficient (Wildman–Crippen LogP) is 7.39. The summed E-state index contributed by atoms with van der Waals surface area (Å²) in [6.07, 6.45) is 19.2. The van der Waals surface area contributed by atoms with Crippen molar-refractivity contribution in [1.82, 2.24) is 0 Å². The van der Waals surface area contributed by atoms with Crippen molar-refractivity contribution in [2.75, 3.05) is 6.61 Å². The molecule has 0 aromatic rings. The van der Waals surface area contributed by atoms with E-state index in [0.717, 1.165) is 35.5 Å². The third kappa shape index (κ3) is 3.32. The molecule has 1 N–H and O–H groups in total. The standard InChI is InChI=1S/C27H46O/c1-19(2)8-7-9-20(3)23-13-14-25-22-12-11-21-10-5-6-16-26(21,4)24(22)15-17-27(23,25)18-28/h11,19-20,22-25,28H,5-10,12-18H2,1-4H3/t20-,22-,23-,24+,25+,26+,27+/m1/s1. The highest BCUT2D eigenvalue weighted by atomic mass is 16.3. The molecule has 1 heteroatoms. The van der Waals surface area contributed by atoms with E-state index in [-0.39, 0.29) is 5.41 Å². The minimum Gasteiger partial charge on any atom is -0.396 e. The van der Waals surface area contributed by atoms with Crippen LogP contribution in [0, 0.1) is 46.3 Å². The maximum Gasteiger partial charge on any atom is 0.0492 e. The third-order valence-electron chi connectivity index (χ3n) is 10.2. The maximum absolute atomic E-state index is 10.8. The number of hydrogen-bond acceptors (Lipinski definition) is 1. The average Bonchev–Trinajstić information content (AvgIpc) is 3.07. The molecule has 0 spiro atoms. The lowest BCUT2D eigenvalue weighted by Crippen LogP contribution is -2.52. The lowest BCUT2D eigenvalue weighted by molar-refractivity contribution is -0.0862. The highest BCUT2D eigenvalue weighted by Gasteiger charge is 2.60. The predicted molar refractivity (Wildman–Crippen MR) is 119 cm³/mol. The number of aliphatic hydroxyl groups is 1. The van der Waals surface area contributed by atoms with Gasteiger partial charge in [-0.25, -0.2) is 0 Å². The van der Waals surface area contributed by atoms with Crippen molar-refractivity contribution in [3.8, 4) is 0 Å². The molecular weight excluding hydrogens is 340 g/mol. The van der Waals surface area contributed by atoms with E-state index in [1.54, 1.807) is 0 Å². The van der Waals surface area contributed by atoms with Crippen LogP contribution in [0.3, 0.4) is 0 Å². The Labute approximate surface area is 174 Å². The van der Waals surface area contributed by atoms with Crippen molar-refractivity contribution >= 4 is 0 Å². The first kappa shape index (κ1) is 21.0. The van der Waals surface area contributed by atoms with Gasteiger partial charge in [0.15, 0.2) is 0 Å². The van der Waals surface area contributed by atoms with Crippen LogP contribution in [0.1, 0.15) is 105 Å². The molecular formula is C27H46O. The first-order valence-corrected chi connectivity index (χ1v) is 12.7. The van der Waals surface area contributed by atoms with Crippen LogP contribution in [0.5, 0.6) is 0 Å². The van der Waals surface area contributed by atoms with Crippen molar-refractivity contribution in [2.24, 2.45) is 46.3 Å². The fraction of sp³-hybridized carbons (Fsp3) is 0.926. The second-order valence-electron chi connectivity index (χ2n) is 11.9. The number of hydrogen-bond donors (Lipinski definition) is 1. The first-order chi connectivity index (χ1) is 13.4. The van der Waals surface area contributed by atoms with E-state index < -0.39 is 0 Å². The quantitative estimate of drug-likeness (QED) is 0.472. The van der Waals surface area contributed by atoms with E-state index in [1.165, 1.54) is 77.0 Å². The van der Waals surface area contributed by atoms with E-state index in [4.69, 9.17) is 0 Å². The third-order valence-corrected chi connectivity index (χ3v) is 10.2. The van der Waals surface area contributed by atoms with E-state index in [2.05, 4.69) is 33.8 Å². The van der Waals surface area contributed by atoms with Gasteiger partial charge in [-0.2, -0.15) is 0 Å². The highest BCUT2D eigenvalue weighted by Crippen LogP contribution is 2.67. The van der Waals surface area contributed by atoms with Gasteiger partial charge in [0.2, 0.25) is 0 Å². The second kappa shape index (κ2) is 8.09. The minimum atomic E-state index is 0.245. The van der Waals surface area contributed by atoms with Gasteiger partial charge < -0.3 is 5.11 Å². The van der Waals surface area contributed by atoms with Crippen molar-refractivity contribution in [1.29, 1.82) is 0 Å². The Kier molecular flexibility index (Phi) is 6.05. The number of allylic oxidation sites excluding steroid dienone is 2. The first-order valence-electron chi connectivity index (χ1n) is 12.7. The molecule has 0 unspecified atom stereocenters. The van der Waals surface area contributed by atoms with E-state index in [0.29, 0.717) is 12.0 Å². The van der Waals surface area contributed by atoms with Gasteiger partial charge in [-0.3, -0.25) is 0 Å². The van der Waals surface area contributed by atoms with E-state index >= 15 is 0 Å². The van der Waals surface area contributed by atoms with Crippen LogP contribution < -0.4 is 0 Å². The fourth-order valence-electron chi connectivity index (χ4n) is 8.76. The SMILES string of the molecule is CC(C)CCC[C@@H](C)[C@H]1CC[C@H]2[C@@H]3CC=C4CCCC[C@]4(C)[C@H]3CC[C@]12CO. The smallest absolute Gasteiger partial charge is 0.0492 e. The number of aliphatic hydroxyl groups excluding tert-OH is 1. The fourth-order valence-corrected chi connectivity index (χ4v) is 8.76. The molecule has 0 aromatic heterocycles. The Morgan fingerprint density at radius 2 is 1.86 bits per heavy atom. The van der Waals surface area contributed by atoms with Gasteiger partial charge in [0.05, 0.1) is 0 Å². The van der Waals surface area contributed by atoms with Gasteiger partial charge in [0, 0.05) is 6.61 Å². The van der Waals surface area contributed by atoms with Crippen LogP contribution in [-0.4, -0.2) is 11.7 Å². The molecule has 0 aliphatic heterocycles. The summed E-state index contributed by atoms with van der Waals surface area (Å²) in [6.45, 7) is 10.3. The van der Waals surface area contributed by atoms with Gasteiger partial charge in [0.25, 0.3) is 0 Å². The van der Waals surface area contributed by atoms with Gasteiger partial charge >= 0.3 is 0 Å². The molecule has 0 heterocycles. The van der Waals surface area contributed by atoms with Crippen LogP contribution in [0.15, 0.2) is 11.6 Å². The van der Waals surface area contributed by atoms with Gasteiger partial charge in [-0.15, -0.1) is 0 Å². The Bertz CT molecular complexity index is 577. The number of fused-ring (bicyclic) bond motifs is 5. The molecule has 7 atom stereocenters. The molecule has 28 heavy (non-hydrogen) atoms. The van der Waals surface area contributed by atoms with Gasteiger partial charge in [-0.1, -0.05) is 65.0 Å². The zero-order valence-corrected chi connectivity index (χ0v) is 19.2. The topological polar surface area (TPSA) is 20.2 Å². The maximum atomic E-state index is 10.8. The molecule has 0 saturated heterocycles. The largest absolute Gasteiger partial charge is 0.396 e. The van der Waals surface area contributed by atoms with Crippen molar-refractivity contribution in [3.63, 3.8) is 0 Å². The summed E-state index contributed by atoms with van der Waals surface area (Å²) in [5.41, 5.74) is 2.55. The number of rotatable bonds is 6. The van der Waals surface area contributed by atoms with Crippen molar-refractivity contribution in [3.05, 3.63) is 11.6 Å². The summed E-state index contributed by atoms with van der Waals surface area (Å²) in [6, 6.07) is 0. The molecule has 3 saturated carbocycles. The molecule has 0 amide bonds. The van der Waals surface area contributed by atoms with Crippen molar-refractivity contribution < 1.29 is 5.11 Å². The Morgan fingerprint density at radius 3 is 2.61 bits per heavy atom. The minimum absolute atomic E-state index is 0.245. The summed E-state index contributed by atoms with van der Waals surface area (Å²) in [5.74, 6) is 4.90. The zero-order chi connectivity index (χ0) is 19.9. The Morgan fingerprint density at radius 1 is 1.04 bits per heavy atom. The van der Waals surface area contributed by atoms with Gasteiger partial charge in [-0.05, 0) is 97.7 Å². The van der Waals surface area contributed by atoms with Crippen LogP contribution in [0.4, 0.5) is 0 Å². The Balaban J connectivity index is 1.53. The van der Waals surface area contributed by atoms with Crippen LogP contribution in [0.25, 0.3) is 0 Å². The molecule has 4 aliphatic carbocycles. The monoisotopic (exact) mass is 386 g/mol. The van der Waals surface area contributed by atoms with Gasteiger partial charge in [0.1, 0.15) is 0 Å². The summed E-state index contributed by atoms with van der Waals surface area (Å²) in [7, 11) is 0. The normalized spacial score (nSPS) is 43.9. The average molecular weight is 387 g/mol. The Hall–Kier alpha value is -0.300. The molecule has 0 radical (unpaired) electrons. The van der Waals surface area contributed by atoms with Crippen molar-refractivity contribution in [2.45, 2.75) is 105 Å².